The summed E-state index contributed by atoms with van der Waals surface area (Å²) in [6, 6.07) is 13.9. The molecule has 0 saturated carbocycles. The van der Waals surface area contributed by atoms with Crippen LogP contribution in [0.2, 0.25) is 0 Å². The quantitative estimate of drug-likeness (QED) is 0.460. The summed E-state index contributed by atoms with van der Waals surface area (Å²) in [6.07, 6.45) is 2.10. The fourth-order valence-electron chi connectivity index (χ4n) is 3.37. The number of carbonyl (C=O) groups is 2. The van der Waals surface area contributed by atoms with Crippen molar-refractivity contribution in [2.75, 3.05) is 30.1 Å². The summed E-state index contributed by atoms with van der Waals surface area (Å²) in [7, 11) is 1.58. The second kappa shape index (κ2) is 10.9. The molecule has 4 rings (SSSR count). The van der Waals surface area contributed by atoms with Gasteiger partial charge in [-0.2, -0.15) is 0 Å². The van der Waals surface area contributed by atoms with Gasteiger partial charge in [0.25, 0.3) is 5.91 Å². The Kier molecular flexibility index (Phi) is 7.53. The van der Waals surface area contributed by atoms with Crippen LogP contribution in [0.15, 0.2) is 53.7 Å². The Balaban J connectivity index is 1.35. The summed E-state index contributed by atoms with van der Waals surface area (Å²) in [4.78, 5) is 25.4. The molecule has 1 atom stereocenters. The first-order valence-electron chi connectivity index (χ1n) is 10.5. The van der Waals surface area contributed by atoms with Gasteiger partial charge in [0.1, 0.15) is 5.75 Å². The molecule has 1 aliphatic rings. The predicted molar refractivity (Wildman–Crippen MR) is 124 cm³/mol. The first-order chi connectivity index (χ1) is 16.1. The van der Waals surface area contributed by atoms with Gasteiger partial charge in [-0.3, -0.25) is 9.59 Å². The molecular weight excluding hydrogens is 444 g/mol. The van der Waals surface area contributed by atoms with Gasteiger partial charge in [-0.15, -0.1) is 5.10 Å². The Morgan fingerprint density at radius 3 is 2.76 bits per heavy atom. The number of nitrogens with zero attached hydrogens (tertiary/aromatic N) is 4. The van der Waals surface area contributed by atoms with Gasteiger partial charge in [0.2, 0.25) is 11.1 Å². The number of tetrazole rings is 1. The summed E-state index contributed by atoms with van der Waals surface area (Å²) in [5.74, 6) is 0.195. The van der Waals surface area contributed by atoms with E-state index in [0.717, 1.165) is 19.4 Å². The van der Waals surface area contributed by atoms with E-state index in [4.69, 9.17) is 9.47 Å². The van der Waals surface area contributed by atoms with Gasteiger partial charge in [-0.25, -0.2) is 4.68 Å². The zero-order chi connectivity index (χ0) is 23.0. The van der Waals surface area contributed by atoms with E-state index in [0.29, 0.717) is 34.4 Å². The zero-order valence-electron chi connectivity index (χ0n) is 18.1. The number of amides is 2. The number of anilines is 2. The van der Waals surface area contributed by atoms with Crippen molar-refractivity contribution in [1.82, 2.24) is 20.2 Å². The monoisotopic (exact) mass is 468 g/mol. The van der Waals surface area contributed by atoms with Crippen LogP contribution in [0.25, 0.3) is 0 Å². The van der Waals surface area contributed by atoms with Gasteiger partial charge in [0.15, 0.2) is 0 Å². The van der Waals surface area contributed by atoms with E-state index in [9.17, 15) is 9.59 Å². The van der Waals surface area contributed by atoms with Crippen LogP contribution in [0.5, 0.6) is 5.75 Å². The molecule has 2 aromatic carbocycles. The van der Waals surface area contributed by atoms with Gasteiger partial charge in [0.05, 0.1) is 36.8 Å². The SMILES string of the molecule is COc1ccc(NC(=O)c2ccccc2NC(=O)CSc2nnnn2CC2CCCO2)cc1. The maximum atomic E-state index is 12.8. The molecule has 1 aliphatic heterocycles. The lowest BCUT2D eigenvalue weighted by molar-refractivity contribution is -0.113. The smallest absolute Gasteiger partial charge is 0.257 e. The highest BCUT2D eigenvalue weighted by molar-refractivity contribution is 7.99. The van der Waals surface area contributed by atoms with E-state index in [2.05, 4.69) is 26.2 Å². The molecule has 1 saturated heterocycles. The van der Waals surface area contributed by atoms with E-state index >= 15 is 0 Å². The van der Waals surface area contributed by atoms with Crippen molar-refractivity contribution < 1.29 is 19.1 Å². The highest BCUT2D eigenvalue weighted by Gasteiger charge is 2.20. The highest BCUT2D eigenvalue weighted by Crippen LogP contribution is 2.21. The van der Waals surface area contributed by atoms with Crippen LogP contribution in [0, 0.1) is 0 Å². The minimum atomic E-state index is -0.329. The molecule has 11 heteroatoms. The number of hydrogen-bond donors (Lipinski definition) is 2. The van der Waals surface area contributed by atoms with Crippen molar-refractivity contribution in [3.05, 3.63) is 54.1 Å². The summed E-state index contributed by atoms with van der Waals surface area (Å²) in [5, 5.41) is 17.9. The van der Waals surface area contributed by atoms with E-state index in [1.165, 1.54) is 11.8 Å². The largest absolute Gasteiger partial charge is 0.497 e. The number of ether oxygens (including phenoxy) is 2. The third-order valence-corrected chi connectivity index (χ3v) is 5.98. The van der Waals surface area contributed by atoms with Crippen LogP contribution >= 0.6 is 11.8 Å². The second-order valence-electron chi connectivity index (χ2n) is 7.34. The molecule has 2 amide bonds. The lowest BCUT2D eigenvalue weighted by Crippen LogP contribution is -2.20. The van der Waals surface area contributed by atoms with Crippen LogP contribution in [0.4, 0.5) is 11.4 Å². The number of rotatable bonds is 9. The number of hydrogen-bond acceptors (Lipinski definition) is 8. The predicted octanol–water partition coefficient (Wildman–Crippen LogP) is 2.84. The Labute approximate surface area is 195 Å². The second-order valence-corrected chi connectivity index (χ2v) is 8.29. The number of aromatic nitrogens is 4. The lowest BCUT2D eigenvalue weighted by atomic mass is 10.1. The van der Waals surface area contributed by atoms with Crippen molar-refractivity contribution in [2.45, 2.75) is 30.6 Å². The van der Waals surface area contributed by atoms with Gasteiger partial charge in [-0.05, 0) is 59.7 Å². The molecule has 1 aromatic heterocycles. The molecule has 2 N–H and O–H groups in total. The Morgan fingerprint density at radius 2 is 2.00 bits per heavy atom. The van der Waals surface area contributed by atoms with Crippen LogP contribution < -0.4 is 15.4 Å². The van der Waals surface area contributed by atoms with E-state index in [1.807, 2.05) is 0 Å². The molecule has 3 aromatic rings. The van der Waals surface area contributed by atoms with Gasteiger partial charge in [-0.1, -0.05) is 23.9 Å². The molecule has 1 fully saturated rings. The molecular formula is C22H24N6O4S. The van der Waals surface area contributed by atoms with Crippen molar-refractivity contribution in [1.29, 1.82) is 0 Å². The number of carbonyl (C=O) groups excluding carboxylic acids is 2. The zero-order valence-corrected chi connectivity index (χ0v) is 18.9. The number of thioether (sulfide) groups is 1. The average Bonchev–Trinajstić information content (AvgIpc) is 3.51. The molecule has 33 heavy (non-hydrogen) atoms. The number of para-hydroxylation sites is 1. The van der Waals surface area contributed by atoms with Gasteiger partial charge < -0.3 is 20.1 Å². The van der Waals surface area contributed by atoms with Crippen molar-refractivity contribution >= 4 is 35.0 Å². The van der Waals surface area contributed by atoms with Crippen LogP contribution in [-0.4, -0.2) is 57.6 Å². The number of methoxy groups -OCH3 is 1. The highest BCUT2D eigenvalue weighted by atomic mass is 32.2. The maximum absolute atomic E-state index is 12.8. The summed E-state index contributed by atoms with van der Waals surface area (Å²) in [6.45, 7) is 1.31. The summed E-state index contributed by atoms with van der Waals surface area (Å²) >= 11 is 1.23. The number of nitrogens with one attached hydrogen (secondary N) is 2. The lowest BCUT2D eigenvalue weighted by Gasteiger charge is -2.12. The average molecular weight is 469 g/mol. The molecule has 0 radical (unpaired) electrons. The van der Waals surface area contributed by atoms with Crippen LogP contribution in [0.1, 0.15) is 23.2 Å². The molecule has 2 heterocycles. The van der Waals surface area contributed by atoms with Gasteiger partial charge >= 0.3 is 0 Å². The third kappa shape index (κ3) is 6.08. The topological polar surface area (TPSA) is 120 Å². The number of benzene rings is 2. The van der Waals surface area contributed by atoms with Gasteiger partial charge in [0, 0.05) is 12.3 Å². The Morgan fingerprint density at radius 1 is 1.18 bits per heavy atom. The minimum absolute atomic E-state index is 0.0952. The third-order valence-electron chi connectivity index (χ3n) is 5.03. The van der Waals surface area contributed by atoms with E-state index < -0.39 is 0 Å². The standard InChI is InChI=1S/C22H24N6O4S/c1-31-16-10-8-15(9-11-16)23-21(30)18-6-2-3-7-19(18)24-20(29)14-33-22-25-26-27-28(22)13-17-5-4-12-32-17/h2-3,6-11,17H,4-5,12-14H2,1H3,(H,23,30)(H,24,29). The molecule has 0 aliphatic carbocycles. The van der Waals surface area contributed by atoms with Crippen molar-refractivity contribution in [3.63, 3.8) is 0 Å². The minimum Gasteiger partial charge on any atom is -0.497 e. The van der Waals surface area contributed by atoms with Crippen molar-refractivity contribution in [2.24, 2.45) is 0 Å². The summed E-state index contributed by atoms with van der Waals surface area (Å²) in [5.41, 5.74) is 1.40. The summed E-state index contributed by atoms with van der Waals surface area (Å²) < 4.78 is 12.4. The molecule has 1 unspecified atom stereocenters. The van der Waals surface area contributed by atoms with Crippen molar-refractivity contribution in [3.8, 4) is 5.75 Å². The Hall–Kier alpha value is -3.44. The molecule has 0 bridgehead atoms. The molecule has 10 nitrogen and oxygen atoms in total. The Bertz CT molecular complexity index is 1100. The van der Waals surface area contributed by atoms with E-state index in [1.54, 1.807) is 60.3 Å². The van der Waals surface area contributed by atoms with Crippen LogP contribution in [-0.2, 0) is 16.1 Å². The first-order valence-corrected chi connectivity index (χ1v) is 11.5. The molecule has 172 valence electrons. The van der Waals surface area contributed by atoms with Crippen LogP contribution in [0.3, 0.4) is 0 Å². The van der Waals surface area contributed by atoms with E-state index in [-0.39, 0.29) is 23.7 Å². The fraction of sp³-hybridized carbons (Fsp3) is 0.318. The fourth-order valence-corrected chi connectivity index (χ4v) is 4.06. The first kappa shape index (κ1) is 22.7. The maximum Gasteiger partial charge on any atom is 0.257 e. The molecule has 0 spiro atoms. The normalized spacial score (nSPS) is 15.2.